The minimum absolute atomic E-state index is 0.0723. The first kappa shape index (κ1) is 21.9. The van der Waals surface area contributed by atoms with Crippen LogP contribution in [-0.4, -0.2) is 48.1 Å². The molecule has 9 heteroatoms. The lowest BCUT2D eigenvalue weighted by molar-refractivity contribution is -0.143. The van der Waals surface area contributed by atoms with Crippen molar-refractivity contribution in [3.8, 4) is 0 Å². The lowest BCUT2D eigenvalue weighted by Gasteiger charge is -2.20. The van der Waals surface area contributed by atoms with E-state index in [-0.39, 0.29) is 25.6 Å². The number of carboxylic acid groups (broad SMARTS) is 1. The number of hydrogen-bond acceptors (Lipinski definition) is 5. The molecule has 2 atom stereocenters. The van der Waals surface area contributed by atoms with Gasteiger partial charge in [0.1, 0.15) is 19.2 Å². The molecule has 1 aromatic rings. The van der Waals surface area contributed by atoms with Crippen LogP contribution in [-0.2, 0) is 25.7 Å². The van der Waals surface area contributed by atoms with Crippen molar-refractivity contribution in [2.24, 2.45) is 5.92 Å². The molecule has 1 rings (SSSR count). The predicted octanol–water partition coefficient (Wildman–Crippen LogP) is 0.645. The number of benzene rings is 1. The Bertz CT molecular complexity index is 650. The van der Waals surface area contributed by atoms with Crippen molar-refractivity contribution in [3.05, 3.63) is 35.9 Å². The highest BCUT2D eigenvalue weighted by molar-refractivity contribution is 5.89. The standard InChI is InChI=1S/C18H25N3O6/c1-3-12(2)16(17(24)25)21-15(23)10-19-14(22)9-20-18(26)27-11-13-7-5-4-6-8-13/h4-8,12,16H,3,9-11H2,1-2H3,(H,19,22)(H,20,26)(H,21,23)(H,24,25)/t12-,16-/m0/s1. The highest BCUT2D eigenvalue weighted by atomic mass is 16.5. The molecule has 0 saturated heterocycles. The maximum Gasteiger partial charge on any atom is 0.407 e. The van der Waals surface area contributed by atoms with Gasteiger partial charge in [0.2, 0.25) is 11.8 Å². The Morgan fingerprint density at radius 3 is 2.26 bits per heavy atom. The number of alkyl carbamates (subject to hydrolysis) is 1. The second kappa shape index (κ2) is 11.5. The highest BCUT2D eigenvalue weighted by Crippen LogP contribution is 2.07. The average Bonchev–Trinajstić information content (AvgIpc) is 2.67. The number of nitrogens with one attached hydrogen (secondary N) is 3. The maximum atomic E-state index is 11.8. The smallest absolute Gasteiger partial charge is 0.407 e. The largest absolute Gasteiger partial charge is 0.480 e. The van der Waals surface area contributed by atoms with Crippen molar-refractivity contribution in [1.82, 2.24) is 16.0 Å². The number of ether oxygens (including phenoxy) is 1. The Kier molecular flexibility index (Phi) is 9.35. The summed E-state index contributed by atoms with van der Waals surface area (Å²) in [7, 11) is 0. The van der Waals surface area contributed by atoms with Crippen molar-refractivity contribution in [1.29, 1.82) is 0 Å². The number of hydrogen-bond donors (Lipinski definition) is 4. The third-order valence-corrected chi connectivity index (χ3v) is 3.85. The zero-order chi connectivity index (χ0) is 20.2. The molecule has 3 amide bonds. The van der Waals surface area contributed by atoms with Gasteiger partial charge in [-0.25, -0.2) is 9.59 Å². The Hall–Kier alpha value is -3.10. The molecule has 1 aromatic carbocycles. The lowest BCUT2D eigenvalue weighted by atomic mass is 9.99. The van der Waals surface area contributed by atoms with Crippen molar-refractivity contribution >= 4 is 23.9 Å². The Morgan fingerprint density at radius 2 is 1.67 bits per heavy atom. The van der Waals surface area contributed by atoms with Crippen LogP contribution >= 0.6 is 0 Å². The Labute approximate surface area is 157 Å². The first-order valence-corrected chi connectivity index (χ1v) is 8.56. The monoisotopic (exact) mass is 379 g/mol. The van der Waals surface area contributed by atoms with Crippen LogP contribution in [0, 0.1) is 5.92 Å². The molecule has 0 spiro atoms. The molecule has 148 valence electrons. The van der Waals surface area contributed by atoms with E-state index in [2.05, 4.69) is 16.0 Å². The van der Waals surface area contributed by atoms with Crippen LogP contribution in [0.2, 0.25) is 0 Å². The summed E-state index contributed by atoms with van der Waals surface area (Å²) < 4.78 is 4.95. The van der Waals surface area contributed by atoms with E-state index in [1.807, 2.05) is 25.1 Å². The van der Waals surface area contributed by atoms with E-state index in [9.17, 15) is 19.2 Å². The van der Waals surface area contributed by atoms with Crippen LogP contribution < -0.4 is 16.0 Å². The van der Waals surface area contributed by atoms with E-state index >= 15 is 0 Å². The van der Waals surface area contributed by atoms with Gasteiger partial charge in [0, 0.05) is 0 Å². The summed E-state index contributed by atoms with van der Waals surface area (Å²) in [5.74, 6) is -2.60. The Balaban J connectivity index is 2.26. The summed E-state index contributed by atoms with van der Waals surface area (Å²) in [5, 5.41) is 16.0. The second-order valence-electron chi connectivity index (χ2n) is 5.96. The van der Waals surface area contributed by atoms with Gasteiger partial charge in [0.25, 0.3) is 0 Å². The van der Waals surface area contributed by atoms with Crippen molar-refractivity contribution in [2.75, 3.05) is 13.1 Å². The van der Waals surface area contributed by atoms with Crippen LogP contribution in [0.4, 0.5) is 4.79 Å². The van der Waals surface area contributed by atoms with E-state index in [1.165, 1.54) is 0 Å². The minimum Gasteiger partial charge on any atom is -0.480 e. The summed E-state index contributed by atoms with van der Waals surface area (Å²) in [6.45, 7) is 2.84. The van der Waals surface area contributed by atoms with Gasteiger partial charge in [-0.05, 0) is 11.5 Å². The molecule has 0 aliphatic heterocycles. The zero-order valence-electron chi connectivity index (χ0n) is 15.4. The van der Waals surface area contributed by atoms with E-state index < -0.39 is 29.9 Å². The van der Waals surface area contributed by atoms with Gasteiger partial charge in [-0.1, -0.05) is 50.6 Å². The fourth-order valence-corrected chi connectivity index (χ4v) is 2.08. The predicted molar refractivity (Wildman–Crippen MR) is 96.7 cm³/mol. The molecule has 0 bridgehead atoms. The molecule has 0 aromatic heterocycles. The van der Waals surface area contributed by atoms with Crippen LogP contribution in [0.5, 0.6) is 0 Å². The normalized spacial score (nSPS) is 12.4. The molecule has 0 unspecified atom stereocenters. The molecule has 0 fully saturated rings. The van der Waals surface area contributed by atoms with Gasteiger partial charge in [-0.3, -0.25) is 9.59 Å². The molecule has 27 heavy (non-hydrogen) atoms. The first-order valence-electron chi connectivity index (χ1n) is 8.56. The van der Waals surface area contributed by atoms with Crippen molar-refractivity contribution in [3.63, 3.8) is 0 Å². The molecule has 0 radical (unpaired) electrons. The SMILES string of the molecule is CC[C@H](C)[C@H](NC(=O)CNC(=O)CNC(=O)OCc1ccccc1)C(=O)O. The Morgan fingerprint density at radius 1 is 1.04 bits per heavy atom. The van der Waals surface area contributed by atoms with E-state index in [4.69, 9.17) is 9.84 Å². The molecular formula is C18H25N3O6. The lowest BCUT2D eigenvalue weighted by Crippen LogP contribution is -2.49. The van der Waals surface area contributed by atoms with Crippen molar-refractivity contribution in [2.45, 2.75) is 32.9 Å². The molecular weight excluding hydrogens is 354 g/mol. The fraction of sp³-hybridized carbons (Fsp3) is 0.444. The fourth-order valence-electron chi connectivity index (χ4n) is 2.08. The first-order chi connectivity index (χ1) is 12.8. The van der Waals surface area contributed by atoms with Gasteiger partial charge in [-0.15, -0.1) is 0 Å². The van der Waals surface area contributed by atoms with Gasteiger partial charge in [0.05, 0.1) is 6.54 Å². The number of aliphatic carboxylic acids is 1. The van der Waals surface area contributed by atoms with Crippen LogP contribution in [0.15, 0.2) is 30.3 Å². The maximum absolute atomic E-state index is 11.8. The summed E-state index contributed by atoms with van der Waals surface area (Å²) in [6, 6.07) is 8.03. The summed E-state index contributed by atoms with van der Waals surface area (Å²) in [5.41, 5.74) is 0.808. The number of amides is 3. The van der Waals surface area contributed by atoms with Gasteiger partial charge in [-0.2, -0.15) is 0 Å². The zero-order valence-corrected chi connectivity index (χ0v) is 15.4. The number of carboxylic acids is 1. The summed E-state index contributed by atoms with van der Waals surface area (Å²) in [6.07, 6.45) is -0.181. The highest BCUT2D eigenvalue weighted by Gasteiger charge is 2.25. The molecule has 0 aliphatic rings. The van der Waals surface area contributed by atoms with E-state index in [1.54, 1.807) is 19.1 Å². The van der Waals surface area contributed by atoms with Crippen LogP contribution in [0.25, 0.3) is 0 Å². The van der Waals surface area contributed by atoms with E-state index in [0.29, 0.717) is 6.42 Å². The molecule has 0 saturated carbocycles. The number of carbonyl (C=O) groups excluding carboxylic acids is 3. The average molecular weight is 379 g/mol. The van der Waals surface area contributed by atoms with E-state index in [0.717, 1.165) is 5.56 Å². The summed E-state index contributed by atoms with van der Waals surface area (Å²) in [4.78, 5) is 46.1. The topological polar surface area (TPSA) is 134 Å². The molecule has 4 N–H and O–H groups in total. The van der Waals surface area contributed by atoms with Gasteiger partial charge in [0.15, 0.2) is 0 Å². The third-order valence-electron chi connectivity index (χ3n) is 3.85. The molecule has 0 heterocycles. The quantitative estimate of drug-likeness (QED) is 0.471. The number of carbonyl (C=O) groups is 4. The van der Waals surface area contributed by atoms with Crippen LogP contribution in [0.3, 0.4) is 0 Å². The summed E-state index contributed by atoms with van der Waals surface area (Å²) >= 11 is 0. The molecule has 9 nitrogen and oxygen atoms in total. The second-order valence-corrected chi connectivity index (χ2v) is 5.96. The van der Waals surface area contributed by atoms with Gasteiger partial charge >= 0.3 is 12.1 Å². The number of rotatable bonds is 10. The van der Waals surface area contributed by atoms with Crippen molar-refractivity contribution < 1.29 is 29.0 Å². The van der Waals surface area contributed by atoms with Crippen LogP contribution in [0.1, 0.15) is 25.8 Å². The van der Waals surface area contributed by atoms with Gasteiger partial charge < -0.3 is 25.8 Å². The third kappa shape index (κ3) is 8.70. The molecule has 0 aliphatic carbocycles. The minimum atomic E-state index is -1.13.